The maximum Gasteiger partial charge on any atom is 0.338 e. The van der Waals surface area contributed by atoms with E-state index in [0.29, 0.717) is 25.3 Å². The van der Waals surface area contributed by atoms with Crippen LogP contribution in [0.1, 0.15) is 34.0 Å². The Morgan fingerprint density at radius 1 is 1.03 bits per heavy atom. The molecule has 0 aliphatic carbocycles. The summed E-state index contributed by atoms with van der Waals surface area (Å²) in [7, 11) is 3.71. The van der Waals surface area contributed by atoms with Crippen LogP contribution in [0, 0.1) is 13.8 Å². The zero-order chi connectivity index (χ0) is 25.3. The molecule has 0 saturated heterocycles. The number of methoxy groups -OCH3 is 1. The normalized spacial score (nSPS) is 11.9. The Hall–Kier alpha value is -2.75. The Morgan fingerprint density at radius 2 is 1.65 bits per heavy atom. The third-order valence-corrected chi connectivity index (χ3v) is 6.96. The summed E-state index contributed by atoms with van der Waals surface area (Å²) in [6.07, 6.45) is 0. The minimum absolute atomic E-state index is 0.0710. The molecule has 0 aliphatic heterocycles. The molecule has 0 N–H and O–H groups in total. The Morgan fingerprint density at radius 3 is 2.21 bits per heavy atom. The SMILES string of the molecule is CCOC(=O)c1ccc(CN(C)C(=O)COCCN(C)S(=O)c2c(C)cc(OC)cc2C)cc1. The molecule has 0 saturated carbocycles. The fourth-order valence-corrected chi connectivity index (χ4v) is 4.55. The van der Waals surface area contributed by atoms with Crippen LogP contribution < -0.4 is 4.74 Å². The molecule has 34 heavy (non-hydrogen) atoms. The van der Waals surface area contributed by atoms with Gasteiger partial charge in [-0.2, -0.15) is 0 Å². The van der Waals surface area contributed by atoms with Gasteiger partial charge in [0.05, 0.1) is 30.8 Å². The number of carbonyl (C=O) groups is 2. The molecule has 2 aromatic carbocycles. The van der Waals surface area contributed by atoms with E-state index in [1.165, 1.54) is 0 Å². The summed E-state index contributed by atoms with van der Waals surface area (Å²) >= 11 is 0. The molecule has 8 nitrogen and oxygen atoms in total. The van der Waals surface area contributed by atoms with Crippen molar-refractivity contribution < 1.29 is 28.0 Å². The number of esters is 1. The van der Waals surface area contributed by atoms with E-state index >= 15 is 0 Å². The van der Waals surface area contributed by atoms with Crippen molar-refractivity contribution in [3.8, 4) is 5.75 Å². The minimum Gasteiger partial charge on any atom is -0.497 e. The summed E-state index contributed by atoms with van der Waals surface area (Å²) in [6.45, 7) is 6.90. The van der Waals surface area contributed by atoms with Crippen molar-refractivity contribution >= 4 is 22.9 Å². The molecule has 1 atom stereocenters. The lowest BCUT2D eigenvalue weighted by Gasteiger charge is -2.20. The molecule has 0 bridgehead atoms. The molecule has 0 fully saturated rings. The van der Waals surface area contributed by atoms with Crippen LogP contribution >= 0.6 is 0 Å². The van der Waals surface area contributed by atoms with Gasteiger partial charge in [0.2, 0.25) is 5.91 Å². The molecular formula is C25H34N2O6S. The number of ether oxygens (including phenoxy) is 3. The van der Waals surface area contributed by atoms with Crippen LogP contribution in [0.5, 0.6) is 5.75 Å². The van der Waals surface area contributed by atoms with Crippen molar-refractivity contribution in [2.24, 2.45) is 0 Å². The second kappa shape index (κ2) is 13.2. The first-order valence-corrected chi connectivity index (χ1v) is 12.1. The van der Waals surface area contributed by atoms with Crippen molar-refractivity contribution in [2.45, 2.75) is 32.2 Å². The lowest BCUT2D eigenvalue weighted by atomic mass is 10.1. The van der Waals surface area contributed by atoms with E-state index in [1.54, 1.807) is 61.6 Å². The summed E-state index contributed by atoms with van der Waals surface area (Å²) in [4.78, 5) is 26.4. The number of aryl methyl sites for hydroxylation is 2. The summed E-state index contributed by atoms with van der Waals surface area (Å²) in [5.74, 6) is 0.203. The maximum absolute atomic E-state index is 13.0. The largest absolute Gasteiger partial charge is 0.497 e. The summed E-state index contributed by atoms with van der Waals surface area (Å²) in [5, 5.41) is 0. The third-order valence-electron chi connectivity index (χ3n) is 5.21. The number of likely N-dealkylation sites (N-methyl/N-ethyl adjacent to an activating group) is 2. The van der Waals surface area contributed by atoms with E-state index in [1.807, 2.05) is 26.0 Å². The summed E-state index contributed by atoms with van der Waals surface area (Å²) in [6, 6.07) is 10.7. The zero-order valence-electron chi connectivity index (χ0n) is 20.8. The second-order valence-corrected chi connectivity index (χ2v) is 9.44. The van der Waals surface area contributed by atoms with Gasteiger partial charge in [-0.25, -0.2) is 13.3 Å². The molecule has 9 heteroatoms. The standard InChI is InChI=1S/C25H34N2O6S/c1-7-33-25(29)21-10-8-20(9-11-21)16-26(4)23(28)17-32-13-12-27(5)34(30)24-18(2)14-22(31-6)15-19(24)3/h8-11,14-15H,7,12-13,16-17H2,1-6H3. The number of nitrogens with zero attached hydrogens (tertiary/aromatic N) is 2. The van der Waals surface area contributed by atoms with Crippen molar-refractivity contribution in [3.63, 3.8) is 0 Å². The molecule has 1 unspecified atom stereocenters. The number of rotatable bonds is 12. The lowest BCUT2D eigenvalue weighted by Crippen LogP contribution is -2.32. The molecule has 0 spiro atoms. The number of hydrogen-bond acceptors (Lipinski definition) is 6. The molecule has 186 valence electrons. The van der Waals surface area contributed by atoms with E-state index in [2.05, 4.69) is 0 Å². The predicted octanol–water partition coefficient (Wildman–Crippen LogP) is 3.12. The van der Waals surface area contributed by atoms with Crippen LogP contribution in [0.15, 0.2) is 41.3 Å². The van der Waals surface area contributed by atoms with Crippen LogP contribution in [-0.2, 0) is 31.8 Å². The minimum atomic E-state index is -1.35. The van der Waals surface area contributed by atoms with Gasteiger partial charge in [-0.1, -0.05) is 12.1 Å². The molecule has 0 radical (unpaired) electrons. The van der Waals surface area contributed by atoms with Crippen molar-refractivity contribution in [3.05, 3.63) is 58.7 Å². The highest BCUT2D eigenvalue weighted by molar-refractivity contribution is 7.82. The zero-order valence-corrected chi connectivity index (χ0v) is 21.6. The average molecular weight is 491 g/mol. The van der Waals surface area contributed by atoms with Gasteiger partial charge in [0, 0.05) is 27.2 Å². The van der Waals surface area contributed by atoms with Crippen LogP contribution in [0.3, 0.4) is 0 Å². The number of carbonyl (C=O) groups excluding carboxylic acids is 2. The Labute approximate surface area is 204 Å². The Kier molecular flexibility index (Phi) is 10.7. The van der Waals surface area contributed by atoms with Gasteiger partial charge < -0.3 is 19.1 Å². The number of benzene rings is 2. The lowest BCUT2D eigenvalue weighted by molar-refractivity contribution is -0.135. The summed E-state index contributed by atoms with van der Waals surface area (Å²) in [5.41, 5.74) is 3.17. The highest BCUT2D eigenvalue weighted by atomic mass is 32.2. The van der Waals surface area contributed by atoms with Crippen molar-refractivity contribution in [1.29, 1.82) is 0 Å². The topological polar surface area (TPSA) is 85.4 Å². The average Bonchev–Trinajstić information content (AvgIpc) is 2.81. The second-order valence-electron chi connectivity index (χ2n) is 7.91. The van der Waals surface area contributed by atoms with Gasteiger partial charge in [-0.05, 0) is 61.7 Å². The van der Waals surface area contributed by atoms with E-state index < -0.39 is 11.0 Å². The molecule has 2 rings (SSSR count). The molecule has 1 amide bonds. The predicted molar refractivity (Wildman–Crippen MR) is 131 cm³/mol. The fraction of sp³-hybridized carbons (Fsp3) is 0.440. The van der Waals surface area contributed by atoms with Crippen molar-refractivity contribution in [2.75, 3.05) is 47.6 Å². The quantitative estimate of drug-likeness (QED) is 0.336. The first-order valence-electron chi connectivity index (χ1n) is 11.0. The van der Waals surface area contributed by atoms with Crippen LogP contribution in [0.4, 0.5) is 0 Å². The van der Waals surface area contributed by atoms with Crippen LogP contribution in [0.2, 0.25) is 0 Å². The number of hydrogen-bond donors (Lipinski definition) is 0. The first-order chi connectivity index (χ1) is 16.2. The van der Waals surface area contributed by atoms with Crippen molar-refractivity contribution in [1.82, 2.24) is 9.21 Å². The van der Waals surface area contributed by atoms with E-state index in [-0.39, 0.29) is 25.1 Å². The fourth-order valence-electron chi connectivity index (χ4n) is 3.33. The van der Waals surface area contributed by atoms with Gasteiger partial charge in [-0.15, -0.1) is 0 Å². The molecule has 0 aromatic heterocycles. The Bertz CT molecular complexity index is 986. The van der Waals surface area contributed by atoms with Crippen LogP contribution in [-0.4, -0.2) is 72.9 Å². The maximum atomic E-state index is 13.0. The van der Waals surface area contributed by atoms with E-state index in [0.717, 1.165) is 27.3 Å². The van der Waals surface area contributed by atoms with Gasteiger partial charge in [0.15, 0.2) is 0 Å². The highest BCUT2D eigenvalue weighted by Gasteiger charge is 2.17. The molecular weight excluding hydrogens is 456 g/mol. The monoisotopic (exact) mass is 490 g/mol. The summed E-state index contributed by atoms with van der Waals surface area (Å²) < 4.78 is 30.4. The molecule has 0 heterocycles. The third kappa shape index (κ3) is 7.65. The molecule has 2 aromatic rings. The van der Waals surface area contributed by atoms with E-state index in [9.17, 15) is 13.8 Å². The van der Waals surface area contributed by atoms with Gasteiger partial charge in [0.25, 0.3) is 0 Å². The number of amides is 1. The Balaban J connectivity index is 1.79. The van der Waals surface area contributed by atoms with Gasteiger partial charge in [-0.3, -0.25) is 4.79 Å². The van der Waals surface area contributed by atoms with Gasteiger partial charge in [0.1, 0.15) is 23.3 Å². The highest BCUT2D eigenvalue weighted by Crippen LogP contribution is 2.25. The van der Waals surface area contributed by atoms with Crippen LogP contribution in [0.25, 0.3) is 0 Å². The first kappa shape index (κ1) is 27.5. The van der Waals surface area contributed by atoms with Gasteiger partial charge >= 0.3 is 5.97 Å². The van der Waals surface area contributed by atoms with E-state index in [4.69, 9.17) is 14.2 Å². The smallest absolute Gasteiger partial charge is 0.338 e. The molecule has 0 aliphatic rings.